The summed E-state index contributed by atoms with van der Waals surface area (Å²) in [6.45, 7) is 0.948. The van der Waals surface area contributed by atoms with Gasteiger partial charge in [-0.3, -0.25) is 0 Å². The van der Waals surface area contributed by atoms with Gasteiger partial charge in [0.2, 0.25) is 0 Å². The van der Waals surface area contributed by atoms with E-state index in [2.05, 4.69) is 11.2 Å². The first-order chi connectivity index (χ1) is 9.97. The number of hydrogen-bond donors (Lipinski definition) is 0. The van der Waals surface area contributed by atoms with Gasteiger partial charge in [-0.2, -0.15) is 10.2 Å². The molecule has 0 N–H and O–H groups in total. The molecule has 1 atom stereocenters. The maximum absolute atomic E-state index is 4.69. The molecule has 0 radical (unpaired) electrons. The molecule has 2 nitrogen and oxygen atoms in total. The molecular weight excluding hydrogens is 244 g/mol. The van der Waals surface area contributed by atoms with E-state index in [1.54, 1.807) is 5.57 Å². The highest BCUT2D eigenvalue weighted by Gasteiger charge is 2.14. The van der Waals surface area contributed by atoms with Gasteiger partial charge in [-0.05, 0) is 44.1 Å². The van der Waals surface area contributed by atoms with Gasteiger partial charge < -0.3 is 0 Å². The molecule has 2 heteroatoms. The molecule has 1 unspecified atom stereocenters. The first-order valence-electron chi connectivity index (χ1n) is 9.02. The van der Waals surface area contributed by atoms with Gasteiger partial charge in [0.1, 0.15) is 0 Å². The van der Waals surface area contributed by atoms with Crippen molar-refractivity contribution >= 4 is 0 Å². The van der Waals surface area contributed by atoms with Gasteiger partial charge in [-0.15, -0.1) is 0 Å². The molecule has 1 aliphatic heterocycles. The van der Waals surface area contributed by atoms with Crippen LogP contribution >= 0.6 is 0 Å². The summed E-state index contributed by atoms with van der Waals surface area (Å²) < 4.78 is 0. The molecule has 114 valence electrons. The highest BCUT2D eigenvalue weighted by molar-refractivity contribution is 5.11. The summed E-state index contributed by atoms with van der Waals surface area (Å²) in [7, 11) is 0. The van der Waals surface area contributed by atoms with Gasteiger partial charge in [-0.1, -0.05) is 57.4 Å². The molecule has 0 saturated carbocycles. The van der Waals surface area contributed by atoms with E-state index in [-0.39, 0.29) is 0 Å². The van der Waals surface area contributed by atoms with Crippen LogP contribution in [0.4, 0.5) is 0 Å². The second kappa shape index (κ2) is 10.1. The van der Waals surface area contributed by atoms with Crippen LogP contribution in [0, 0.1) is 0 Å². The lowest BCUT2D eigenvalue weighted by Crippen LogP contribution is -2.10. The minimum Gasteiger partial charge on any atom is -0.194 e. The standard InChI is InChI=1S/C18H32N2/c1-2-5-9-13-17(14-10-6-3-1)18-15-11-7-4-8-12-16-19-20-18/h13,18H,1-12,14-16H2/b17-13+,20-19+. The molecule has 0 aromatic carbocycles. The Balaban J connectivity index is 1.96. The Kier molecular flexibility index (Phi) is 7.96. The third kappa shape index (κ3) is 6.19. The van der Waals surface area contributed by atoms with Crippen LogP contribution in [0.15, 0.2) is 21.9 Å². The highest BCUT2D eigenvalue weighted by atomic mass is 15.1. The second-order valence-electron chi connectivity index (χ2n) is 6.49. The maximum Gasteiger partial charge on any atom is 0.0917 e. The molecule has 1 aliphatic carbocycles. The lowest BCUT2D eigenvalue weighted by atomic mass is 9.93. The van der Waals surface area contributed by atoms with Crippen LogP contribution in [0.2, 0.25) is 0 Å². The van der Waals surface area contributed by atoms with Crippen molar-refractivity contribution in [1.82, 2.24) is 0 Å². The Hall–Kier alpha value is -0.660. The van der Waals surface area contributed by atoms with Crippen molar-refractivity contribution in [2.75, 3.05) is 6.54 Å². The summed E-state index contributed by atoms with van der Waals surface area (Å²) in [5, 5.41) is 9.16. The van der Waals surface area contributed by atoms with Gasteiger partial charge in [0.15, 0.2) is 0 Å². The topological polar surface area (TPSA) is 24.7 Å². The monoisotopic (exact) mass is 276 g/mol. The Labute approximate surface area is 125 Å². The summed E-state index contributed by atoms with van der Waals surface area (Å²) in [5.41, 5.74) is 1.61. The van der Waals surface area contributed by atoms with Gasteiger partial charge in [0.25, 0.3) is 0 Å². The zero-order valence-electron chi connectivity index (χ0n) is 13.2. The molecule has 2 aliphatic rings. The third-order valence-electron chi connectivity index (χ3n) is 4.71. The molecule has 0 spiro atoms. The zero-order valence-corrected chi connectivity index (χ0v) is 13.2. The second-order valence-corrected chi connectivity index (χ2v) is 6.49. The first-order valence-corrected chi connectivity index (χ1v) is 9.02. The number of allylic oxidation sites excluding steroid dienone is 1. The van der Waals surface area contributed by atoms with Crippen LogP contribution in [-0.2, 0) is 0 Å². The van der Waals surface area contributed by atoms with Crippen molar-refractivity contribution in [2.45, 2.75) is 95.9 Å². The quantitative estimate of drug-likeness (QED) is 0.508. The lowest BCUT2D eigenvalue weighted by molar-refractivity contribution is 0.511. The predicted molar refractivity (Wildman–Crippen MR) is 86.2 cm³/mol. The summed E-state index contributed by atoms with van der Waals surface area (Å²) in [4.78, 5) is 0. The number of nitrogens with zero attached hydrogens (tertiary/aromatic N) is 2. The average molecular weight is 276 g/mol. The van der Waals surface area contributed by atoms with Gasteiger partial charge in [-0.25, -0.2) is 0 Å². The summed E-state index contributed by atoms with van der Waals surface area (Å²) in [6.07, 6.45) is 21.4. The van der Waals surface area contributed by atoms with E-state index in [0.717, 1.165) is 6.54 Å². The molecule has 0 aromatic heterocycles. The molecule has 0 bridgehead atoms. The average Bonchev–Trinajstić information content (AvgIpc) is 2.50. The van der Waals surface area contributed by atoms with Crippen molar-refractivity contribution in [2.24, 2.45) is 10.2 Å². The molecule has 1 heterocycles. The van der Waals surface area contributed by atoms with E-state index in [0.29, 0.717) is 6.04 Å². The summed E-state index contributed by atoms with van der Waals surface area (Å²) in [6, 6.07) is 0.410. The molecule has 0 saturated heterocycles. The van der Waals surface area contributed by atoms with Crippen molar-refractivity contribution in [1.29, 1.82) is 0 Å². The van der Waals surface area contributed by atoms with Crippen molar-refractivity contribution in [3.63, 3.8) is 0 Å². The summed E-state index contributed by atoms with van der Waals surface area (Å²) in [5.74, 6) is 0. The van der Waals surface area contributed by atoms with Crippen LogP contribution in [0.25, 0.3) is 0 Å². The Bertz CT molecular complexity index is 307. The van der Waals surface area contributed by atoms with E-state index in [1.807, 2.05) is 0 Å². The van der Waals surface area contributed by atoms with E-state index in [1.165, 1.54) is 89.9 Å². The van der Waals surface area contributed by atoms with Crippen molar-refractivity contribution in [3.05, 3.63) is 11.6 Å². The van der Waals surface area contributed by atoms with Crippen molar-refractivity contribution < 1.29 is 0 Å². The smallest absolute Gasteiger partial charge is 0.0917 e. The minimum absolute atomic E-state index is 0.410. The Morgan fingerprint density at radius 1 is 0.750 bits per heavy atom. The molecular formula is C18H32N2. The van der Waals surface area contributed by atoms with E-state index in [4.69, 9.17) is 5.11 Å². The van der Waals surface area contributed by atoms with Crippen molar-refractivity contribution in [3.8, 4) is 0 Å². The van der Waals surface area contributed by atoms with Gasteiger partial charge in [0.05, 0.1) is 12.6 Å². The minimum atomic E-state index is 0.410. The van der Waals surface area contributed by atoms with E-state index in [9.17, 15) is 0 Å². The van der Waals surface area contributed by atoms with E-state index >= 15 is 0 Å². The third-order valence-corrected chi connectivity index (χ3v) is 4.71. The Morgan fingerprint density at radius 3 is 2.35 bits per heavy atom. The van der Waals surface area contributed by atoms with Crippen LogP contribution in [0.5, 0.6) is 0 Å². The zero-order chi connectivity index (χ0) is 13.9. The fourth-order valence-electron chi connectivity index (χ4n) is 3.40. The van der Waals surface area contributed by atoms with Crippen LogP contribution in [-0.4, -0.2) is 12.6 Å². The molecule has 0 aromatic rings. The van der Waals surface area contributed by atoms with Crippen LogP contribution < -0.4 is 0 Å². The number of rotatable bonds is 1. The first kappa shape index (κ1) is 15.7. The predicted octanol–water partition coefficient (Wildman–Crippen LogP) is 6.22. The Morgan fingerprint density at radius 2 is 1.45 bits per heavy atom. The fourth-order valence-corrected chi connectivity index (χ4v) is 3.40. The van der Waals surface area contributed by atoms with Crippen LogP contribution in [0.1, 0.15) is 89.9 Å². The maximum atomic E-state index is 4.69. The van der Waals surface area contributed by atoms with Gasteiger partial charge >= 0.3 is 0 Å². The van der Waals surface area contributed by atoms with Crippen LogP contribution in [0.3, 0.4) is 0 Å². The largest absolute Gasteiger partial charge is 0.194 e. The molecule has 0 fully saturated rings. The molecule has 20 heavy (non-hydrogen) atoms. The SMILES string of the molecule is C1=C(/C2CCCCCCC/N=N/2)CCCCCCCC/1. The number of hydrogen-bond acceptors (Lipinski definition) is 2. The normalized spacial score (nSPS) is 31.8. The highest BCUT2D eigenvalue weighted by Crippen LogP contribution is 2.25. The molecule has 0 amide bonds. The van der Waals surface area contributed by atoms with E-state index < -0.39 is 0 Å². The number of azo groups is 1. The lowest BCUT2D eigenvalue weighted by Gasteiger charge is -2.18. The van der Waals surface area contributed by atoms with Gasteiger partial charge in [0, 0.05) is 0 Å². The molecule has 2 rings (SSSR count). The fraction of sp³-hybridized carbons (Fsp3) is 0.889. The summed E-state index contributed by atoms with van der Waals surface area (Å²) >= 11 is 0.